The monoisotopic (exact) mass is 532 g/mol. The van der Waals surface area contributed by atoms with Crippen LogP contribution in [0.2, 0.25) is 0 Å². The van der Waals surface area contributed by atoms with E-state index in [2.05, 4.69) is 13.0 Å². The number of nitrogens with zero attached hydrogens (tertiary/aromatic N) is 2. The molecule has 5 rings (SSSR count). The fourth-order valence-electron chi connectivity index (χ4n) is 4.64. The minimum absolute atomic E-state index is 0.0659. The molecule has 6 nitrogen and oxygen atoms in total. The van der Waals surface area contributed by atoms with E-state index in [9.17, 15) is 14.7 Å². The molecule has 0 bridgehead atoms. The smallest absolute Gasteiger partial charge is 0.296 e. The van der Waals surface area contributed by atoms with Crippen molar-refractivity contribution in [3.05, 3.63) is 86.8 Å². The third-order valence-electron chi connectivity index (χ3n) is 6.43. The van der Waals surface area contributed by atoms with Crippen molar-refractivity contribution in [2.75, 3.05) is 11.5 Å². The Morgan fingerprint density at radius 2 is 1.92 bits per heavy atom. The van der Waals surface area contributed by atoms with E-state index in [4.69, 9.17) is 9.72 Å². The Morgan fingerprint density at radius 3 is 2.62 bits per heavy atom. The van der Waals surface area contributed by atoms with Gasteiger partial charge in [-0.3, -0.25) is 14.5 Å². The number of ketones is 1. The maximum Gasteiger partial charge on any atom is 0.296 e. The second-order valence-corrected chi connectivity index (χ2v) is 11.2. The van der Waals surface area contributed by atoms with E-state index in [1.54, 1.807) is 17.5 Å². The fraction of sp³-hybridized carbons (Fsp3) is 0.276. The number of ether oxygens (including phenoxy) is 1. The van der Waals surface area contributed by atoms with Crippen LogP contribution in [0.1, 0.15) is 58.6 Å². The number of Topliss-reactive ketones (excluding diaryl/α,β-unsaturated/α-hetero) is 1. The average molecular weight is 533 g/mol. The summed E-state index contributed by atoms with van der Waals surface area (Å²) >= 11 is 2.66. The lowest BCUT2D eigenvalue weighted by atomic mass is 9.95. The van der Waals surface area contributed by atoms with Crippen LogP contribution in [0.15, 0.2) is 65.2 Å². The van der Waals surface area contributed by atoms with Crippen molar-refractivity contribution in [1.29, 1.82) is 0 Å². The second-order valence-electron chi connectivity index (χ2n) is 9.20. The van der Waals surface area contributed by atoms with Gasteiger partial charge >= 0.3 is 0 Å². The van der Waals surface area contributed by atoms with Gasteiger partial charge in [-0.2, -0.15) is 0 Å². The minimum atomic E-state index is -0.807. The zero-order valence-electron chi connectivity index (χ0n) is 21.0. The molecule has 190 valence electrons. The number of hydrogen-bond donors (Lipinski definition) is 1. The van der Waals surface area contributed by atoms with Crippen LogP contribution in [0.25, 0.3) is 10.2 Å². The van der Waals surface area contributed by atoms with Gasteiger partial charge in [0.15, 0.2) is 10.9 Å². The highest BCUT2D eigenvalue weighted by molar-refractivity contribution is 7.22. The number of anilines is 1. The first-order valence-corrected chi connectivity index (χ1v) is 14.0. The van der Waals surface area contributed by atoms with Gasteiger partial charge in [0.1, 0.15) is 5.75 Å². The molecule has 1 atom stereocenters. The number of carbonyl (C=O) groups is 2. The first-order valence-electron chi connectivity index (χ1n) is 12.3. The van der Waals surface area contributed by atoms with Gasteiger partial charge in [0.05, 0.1) is 33.3 Å². The van der Waals surface area contributed by atoms with Gasteiger partial charge in [-0.25, -0.2) is 4.98 Å². The number of rotatable bonds is 9. The highest BCUT2D eigenvalue weighted by atomic mass is 32.1. The Balaban J connectivity index is 1.57. The fourth-order valence-corrected chi connectivity index (χ4v) is 6.49. The first-order chi connectivity index (χ1) is 17.9. The number of carbonyl (C=O) groups excluding carboxylic acids is 2. The summed E-state index contributed by atoms with van der Waals surface area (Å²) in [7, 11) is 0. The largest absolute Gasteiger partial charge is 0.503 e. The standard InChI is InChI=1S/C29H28N2O4S2/c1-4-5-6-13-35-20-11-9-19(10-12-20)25-23(26(32)21-8-7-14-36-21)27(33)28(34)31(25)29-30-24-18(3)15-17(2)16-22(24)37-29/h7-12,14-16,25,33H,4-6,13H2,1-3H3. The van der Waals surface area contributed by atoms with E-state index < -0.39 is 17.7 Å². The third-order valence-corrected chi connectivity index (χ3v) is 8.31. The number of aliphatic hydroxyl groups is 1. The van der Waals surface area contributed by atoms with Crippen molar-refractivity contribution >= 4 is 49.7 Å². The van der Waals surface area contributed by atoms with Crippen LogP contribution in [0.4, 0.5) is 5.13 Å². The number of aryl methyl sites for hydroxylation is 2. The summed E-state index contributed by atoms with van der Waals surface area (Å²) in [6.07, 6.45) is 3.21. The van der Waals surface area contributed by atoms with Gasteiger partial charge in [-0.05, 0) is 66.6 Å². The van der Waals surface area contributed by atoms with Crippen molar-refractivity contribution in [3.63, 3.8) is 0 Å². The summed E-state index contributed by atoms with van der Waals surface area (Å²) in [5.74, 6) is -0.795. The van der Waals surface area contributed by atoms with Crippen molar-refractivity contribution in [1.82, 2.24) is 4.98 Å². The van der Waals surface area contributed by atoms with Crippen LogP contribution in [0.5, 0.6) is 5.75 Å². The minimum Gasteiger partial charge on any atom is -0.503 e. The Morgan fingerprint density at radius 1 is 1.14 bits per heavy atom. The molecule has 2 aromatic carbocycles. The van der Waals surface area contributed by atoms with Crippen LogP contribution in [0.3, 0.4) is 0 Å². The summed E-state index contributed by atoms with van der Waals surface area (Å²) < 4.78 is 6.81. The SMILES string of the molecule is CCCCCOc1ccc(C2C(C(=O)c3cccs3)=C(O)C(=O)N2c2nc3c(C)cc(C)cc3s2)cc1. The zero-order valence-corrected chi connectivity index (χ0v) is 22.6. The number of thiophene rings is 1. The molecule has 1 aliphatic heterocycles. The second kappa shape index (κ2) is 10.5. The Hall–Kier alpha value is -3.49. The molecular formula is C29H28N2O4S2. The van der Waals surface area contributed by atoms with E-state index in [1.807, 2.05) is 44.2 Å². The highest BCUT2D eigenvalue weighted by Gasteiger charge is 2.46. The van der Waals surface area contributed by atoms with Crippen molar-refractivity contribution in [2.24, 2.45) is 0 Å². The summed E-state index contributed by atoms with van der Waals surface area (Å²) in [5.41, 5.74) is 3.69. The van der Waals surface area contributed by atoms with Gasteiger partial charge < -0.3 is 9.84 Å². The lowest BCUT2D eigenvalue weighted by Gasteiger charge is -2.24. The number of benzene rings is 2. The molecule has 0 spiro atoms. The van der Waals surface area contributed by atoms with Gasteiger partial charge in [0, 0.05) is 0 Å². The molecule has 0 fully saturated rings. The number of fused-ring (bicyclic) bond motifs is 1. The molecular weight excluding hydrogens is 504 g/mol. The number of thiazole rings is 1. The lowest BCUT2D eigenvalue weighted by molar-refractivity contribution is -0.117. The summed E-state index contributed by atoms with van der Waals surface area (Å²) in [6.45, 7) is 6.79. The predicted molar refractivity (Wildman–Crippen MR) is 149 cm³/mol. The van der Waals surface area contributed by atoms with Crippen LogP contribution in [0, 0.1) is 13.8 Å². The van der Waals surface area contributed by atoms with Crippen molar-refractivity contribution < 1.29 is 19.4 Å². The molecule has 1 amide bonds. The molecule has 3 heterocycles. The predicted octanol–water partition coefficient (Wildman–Crippen LogP) is 7.33. The highest BCUT2D eigenvalue weighted by Crippen LogP contribution is 2.45. The van der Waals surface area contributed by atoms with E-state index in [-0.39, 0.29) is 11.4 Å². The van der Waals surface area contributed by atoms with Gasteiger partial charge in [0.2, 0.25) is 5.78 Å². The molecule has 37 heavy (non-hydrogen) atoms. The first kappa shape index (κ1) is 25.2. The van der Waals surface area contributed by atoms with E-state index >= 15 is 0 Å². The molecule has 1 aliphatic rings. The number of unbranched alkanes of at least 4 members (excludes halogenated alkanes) is 2. The Bertz CT molecular complexity index is 1490. The maximum atomic E-state index is 13.5. The number of aromatic nitrogens is 1. The molecule has 1 unspecified atom stereocenters. The van der Waals surface area contributed by atoms with Crippen molar-refractivity contribution in [3.8, 4) is 5.75 Å². The lowest BCUT2D eigenvalue weighted by Crippen LogP contribution is -2.30. The molecule has 0 radical (unpaired) electrons. The van der Waals surface area contributed by atoms with Crippen LogP contribution < -0.4 is 9.64 Å². The molecule has 0 saturated heterocycles. The quantitative estimate of drug-likeness (QED) is 0.180. The van der Waals surface area contributed by atoms with E-state index in [0.717, 1.165) is 46.4 Å². The average Bonchev–Trinajstić information content (AvgIpc) is 3.61. The Labute approximate surface area is 223 Å². The number of hydrogen-bond acceptors (Lipinski definition) is 7. The van der Waals surface area contributed by atoms with Crippen LogP contribution in [-0.2, 0) is 4.79 Å². The molecule has 0 aliphatic carbocycles. The molecule has 4 aromatic rings. The zero-order chi connectivity index (χ0) is 26.1. The summed E-state index contributed by atoms with van der Waals surface area (Å²) in [5, 5.41) is 13.3. The molecule has 1 N–H and O–H groups in total. The normalized spacial score (nSPS) is 15.7. The molecule has 8 heteroatoms. The maximum absolute atomic E-state index is 13.5. The Kier molecular flexibility index (Phi) is 7.13. The topological polar surface area (TPSA) is 79.7 Å². The van der Waals surface area contributed by atoms with Gasteiger partial charge in [-0.1, -0.05) is 55.4 Å². The van der Waals surface area contributed by atoms with Crippen LogP contribution >= 0.6 is 22.7 Å². The van der Waals surface area contributed by atoms with Gasteiger partial charge in [0.25, 0.3) is 5.91 Å². The van der Waals surface area contributed by atoms with E-state index in [0.29, 0.717) is 22.2 Å². The molecule has 2 aromatic heterocycles. The van der Waals surface area contributed by atoms with Gasteiger partial charge in [-0.15, -0.1) is 11.3 Å². The third kappa shape index (κ3) is 4.79. The number of amides is 1. The molecule has 0 saturated carbocycles. The summed E-state index contributed by atoms with van der Waals surface area (Å²) in [4.78, 5) is 33.7. The van der Waals surface area contributed by atoms with E-state index in [1.165, 1.54) is 27.6 Å². The number of aliphatic hydroxyl groups excluding tert-OH is 1. The summed E-state index contributed by atoms with van der Waals surface area (Å²) in [6, 6.07) is 14.2. The van der Waals surface area contributed by atoms with Crippen molar-refractivity contribution in [2.45, 2.75) is 46.1 Å². The van der Waals surface area contributed by atoms with Crippen LogP contribution in [-0.4, -0.2) is 28.4 Å².